The highest BCUT2D eigenvalue weighted by atomic mass is 16.5. The molecule has 0 unspecified atom stereocenters. The maximum atomic E-state index is 12.0. The van der Waals surface area contributed by atoms with Gasteiger partial charge in [0.15, 0.2) is 0 Å². The topological polar surface area (TPSA) is 57.0 Å². The molecule has 2 rings (SSSR count). The highest BCUT2D eigenvalue weighted by Gasteiger charge is 2.13. The van der Waals surface area contributed by atoms with Crippen molar-refractivity contribution in [2.45, 2.75) is 26.2 Å². The van der Waals surface area contributed by atoms with Gasteiger partial charge in [0, 0.05) is 0 Å². The van der Waals surface area contributed by atoms with Crippen molar-refractivity contribution < 1.29 is 24.0 Å². The van der Waals surface area contributed by atoms with E-state index in [1.165, 1.54) is 4.90 Å². The average Bonchev–Trinajstić information content (AvgIpc) is 2.74. The largest absolute Gasteiger partial charge is 0.456 e. The van der Waals surface area contributed by atoms with Crippen LogP contribution in [0.25, 0.3) is 0 Å². The number of esters is 2. The third kappa shape index (κ3) is 7.92. The van der Waals surface area contributed by atoms with Crippen LogP contribution in [0.3, 0.4) is 0 Å². The van der Waals surface area contributed by atoms with Crippen molar-refractivity contribution in [3.8, 4) is 0 Å². The van der Waals surface area contributed by atoms with Crippen LogP contribution >= 0.6 is 0 Å². The molecule has 0 aliphatic rings. The SMILES string of the molecule is CCCCC[NH+](CCOC(=O)c1ccccc1)CCOC(=O)c1ccccc1. The van der Waals surface area contributed by atoms with E-state index in [2.05, 4.69) is 6.92 Å². The predicted octanol–water partition coefficient (Wildman–Crippen LogP) is 2.78. The number of ether oxygens (including phenoxy) is 2. The third-order valence-electron chi connectivity index (χ3n) is 4.53. The minimum Gasteiger partial charge on any atom is -0.456 e. The van der Waals surface area contributed by atoms with Crippen molar-refractivity contribution in [1.29, 1.82) is 0 Å². The van der Waals surface area contributed by atoms with E-state index in [9.17, 15) is 9.59 Å². The molecular weight excluding hydrogens is 354 g/mol. The molecular formula is C23H30NO4+. The molecule has 0 aliphatic heterocycles. The molecule has 0 amide bonds. The fraction of sp³-hybridized carbons (Fsp3) is 0.391. The lowest BCUT2D eigenvalue weighted by molar-refractivity contribution is -0.900. The first kappa shape index (κ1) is 21.6. The first-order valence-corrected chi connectivity index (χ1v) is 9.98. The van der Waals surface area contributed by atoms with Gasteiger partial charge in [0.05, 0.1) is 17.7 Å². The maximum absolute atomic E-state index is 12.0. The number of hydrogen-bond acceptors (Lipinski definition) is 4. The summed E-state index contributed by atoms with van der Waals surface area (Å²) in [5.41, 5.74) is 1.12. The first-order chi connectivity index (χ1) is 13.7. The summed E-state index contributed by atoms with van der Waals surface area (Å²) in [5, 5.41) is 0. The van der Waals surface area contributed by atoms with E-state index < -0.39 is 0 Å². The van der Waals surface area contributed by atoms with Crippen LogP contribution in [0.2, 0.25) is 0 Å². The molecule has 28 heavy (non-hydrogen) atoms. The van der Waals surface area contributed by atoms with E-state index in [0.29, 0.717) is 37.4 Å². The summed E-state index contributed by atoms with van der Waals surface area (Å²) in [4.78, 5) is 25.4. The van der Waals surface area contributed by atoms with Gasteiger partial charge < -0.3 is 14.4 Å². The zero-order valence-electron chi connectivity index (χ0n) is 16.6. The molecule has 0 aliphatic carbocycles. The maximum Gasteiger partial charge on any atom is 0.338 e. The van der Waals surface area contributed by atoms with Gasteiger partial charge in [-0.25, -0.2) is 9.59 Å². The monoisotopic (exact) mass is 384 g/mol. The van der Waals surface area contributed by atoms with Crippen molar-refractivity contribution in [2.75, 3.05) is 32.8 Å². The lowest BCUT2D eigenvalue weighted by Crippen LogP contribution is -3.13. The summed E-state index contributed by atoms with van der Waals surface area (Å²) in [6.07, 6.45) is 3.42. The van der Waals surface area contributed by atoms with Crippen LogP contribution in [0.4, 0.5) is 0 Å². The normalized spacial score (nSPS) is 10.6. The van der Waals surface area contributed by atoms with E-state index in [4.69, 9.17) is 9.47 Å². The Hall–Kier alpha value is -2.66. The summed E-state index contributed by atoms with van der Waals surface area (Å²) in [6, 6.07) is 18.0. The van der Waals surface area contributed by atoms with Crippen molar-refractivity contribution in [3.05, 3.63) is 71.8 Å². The summed E-state index contributed by atoms with van der Waals surface area (Å²) in [5.74, 6) is -0.604. The molecule has 0 spiro atoms. The molecule has 0 bridgehead atoms. The molecule has 0 heterocycles. The second-order valence-corrected chi connectivity index (χ2v) is 6.71. The second-order valence-electron chi connectivity index (χ2n) is 6.71. The van der Waals surface area contributed by atoms with Gasteiger partial charge in [-0.2, -0.15) is 0 Å². The smallest absolute Gasteiger partial charge is 0.338 e. The summed E-state index contributed by atoms with van der Waals surface area (Å²) < 4.78 is 10.8. The van der Waals surface area contributed by atoms with E-state index in [1.807, 2.05) is 36.4 Å². The molecule has 2 aromatic carbocycles. The molecule has 0 aromatic heterocycles. The third-order valence-corrected chi connectivity index (χ3v) is 4.53. The lowest BCUT2D eigenvalue weighted by atomic mass is 10.2. The Labute approximate surface area is 167 Å². The van der Waals surface area contributed by atoms with Gasteiger partial charge in [-0.05, 0) is 37.1 Å². The Bertz CT molecular complexity index is 646. The average molecular weight is 384 g/mol. The minimum atomic E-state index is -0.302. The molecule has 150 valence electrons. The van der Waals surface area contributed by atoms with E-state index >= 15 is 0 Å². The molecule has 5 heteroatoms. The molecule has 0 radical (unpaired) electrons. The van der Waals surface area contributed by atoms with Crippen molar-refractivity contribution in [1.82, 2.24) is 0 Å². The van der Waals surface area contributed by atoms with Gasteiger partial charge in [0.2, 0.25) is 0 Å². The van der Waals surface area contributed by atoms with Crippen LogP contribution in [0.5, 0.6) is 0 Å². The Morgan fingerprint density at radius 1 is 0.714 bits per heavy atom. The molecule has 0 atom stereocenters. The Kier molecular flexibility index (Phi) is 9.80. The highest BCUT2D eigenvalue weighted by molar-refractivity contribution is 5.89. The molecule has 0 saturated carbocycles. The Morgan fingerprint density at radius 3 is 1.61 bits per heavy atom. The van der Waals surface area contributed by atoms with E-state index in [1.54, 1.807) is 24.3 Å². The quantitative estimate of drug-likeness (QED) is 0.452. The zero-order valence-corrected chi connectivity index (χ0v) is 16.6. The van der Waals surface area contributed by atoms with Gasteiger partial charge in [-0.15, -0.1) is 0 Å². The van der Waals surface area contributed by atoms with Crippen LogP contribution in [0.15, 0.2) is 60.7 Å². The van der Waals surface area contributed by atoms with Gasteiger partial charge in [-0.3, -0.25) is 0 Å². The summed E-state index contributed by atoms with van der Waals surface area (Å²) in [7, 11) is 0. The Morgan fingerprint density at radius 2 is 1.18 bits per heavy atom. The van der Waals surface area contributed by atoms with Crippen LogP contribution < -0.4 is 4.90 Å². The molecule has 1 N–H and O–H groups in total. The number of unbranched alkanes of at least 4 members (excludes halogenated alkanes) is 2. The molecule has 5 nitrogen and oxygen atoms in total. The van der Waals surface area contributed by atoms with E-state index in [-0.39, 0.29) is 11.9 Å². The van der Waals surface area contributed by atoms with Crippen molar-refractivity contribution in [3.63, 3.8) is 0 Å². The number of quaternary nitrogens is 1. The number of hydrogen-bond donors (Lipinski definition) is 1. The minimum absolute atomic E-state index is 0.302. The number of nitrogens with one attached hydrogen (secondary N) is 1. The summed E-state index contributed by atoms with van der Waals surface area (Å²) in [6.45, 7) is 5.24. The van der Waals surface area contributed by atoms with Gasteiger partial charge in [0.25, 0.3) is 0 Å². The van der Waals surface area contributed by atoms with Crippen LogP contribution in [0.1, 0.15) is 46.9 Å². The number of carbonyl (C=O) groups excluding carboxylic acids is 2. The van der Waals surface area contributed by atoms with Gasteiger partial charge >= 0.3 is 11.9 Å². The predicted molar refractivity (Wildman–Crippen MR) is 109 cm³/mol. The number of benzene rings is 2. The first-order valence-electron chi connectivity index (χ1n) is 9.98. The molecule has 0 saturated heterocycles. The van der Waals surface area contributed by atoms with Crippen LogP contribution in [-0.4, -0.2) is 44.8 Å². The number of rotatable bonds is 12. The number of carbonyl (C=O) groups is 2. The van der Waals surface area contributed by atoms with Crippen LogP contribution in [0, 0.1) is 0 Å². The fourth-order valence-corrected chi connectivity index (χ4v) is 2.89. The van der Waals surface area contributed by atoms with E-state index in [0.717, 1.165) is 25.8 Å². The standard InChI is InChI=1S/C23H29NO4/c1-2-3-10-15-24(16-18-27-22(25)20-11-6-4-7-12-20)17-19-28-23(26)21-13-8-5-9-14-21/h4-9,11-14H,2-3,10,15-19H2,1H3/p+1. The van der Waals surface area contributed by atoms with Gasteiger partial charge in [-0.1, -0.05) is 49.7 Å². The van der Waals surface area contributed by atoms with Crippen LogP contribution in [-0.2, 0) is 9.47 Å². The van der Waals surface area contributed by atoms with Gasteiger partial charge in [0.1, 0.15) is 26.3 Å². The van der Waals surface area contributed by atoms with Crippen molar-refractivity contribution in [2.24, 2.45) is 0 Å². The zero-order chi connectivity index (χ0) is 20.0. The molecule has 0 fully saturated rings. The highest BCUT2D eigenvalue weighted by Crippen LogP contribution is 2.01. The Balaban J connectivity index is 1.75. The fourth-order valence-electron chi connectivity index (χ4n) is 2.89. The summed E-state index contributed by atoms with van der Waals surface area (Å²) >= 11 is 0. The van der Waals surface area contributed by atoms with Crippen molar-refractivity contribution >= 4 is 11.9 Å². The second kappa shape index (κ2) is 12.7. The lowest BCUT2D eigenvalue weighted by Gasteiger charge is -2.19. The molecule has 2 aromatic rings.